The van der Waals surface area contributed by atoms with Crippen molar-refractivity contribution in [3.8, 4) is 22.6 Å². The molecule has 1 saturated heterocycles. The number of carbonyl (C=O) groups excluding carboxylic acids is 1. The average Bonchev–Trinajstić information content (AvgIpc) is 3.26. The molecule has 3 aromatic carbocycles. The Bertz CT molecular complexity index is 884. The molecular formula is C23H22N2O2. The van der Waals surface area contributed by atoms with Crippen molar-refractivity contribution in [3.63, 3.8) is 0 Å². The van der Waals surface area contributed by atoms with Crippen LogP contribution < -0.4 is 15.4 Å². The van der Waals surface area contributed by atoms with Crippen molar-refractivity contribution in [2.24, 2.45) is 0 Å². The lowest BCUT2D eigenvalue weighted by molar-refractivity contribution is -0.117. The van der Waals surface area contributed by atoms with Crippen molar-refractivity contribution >= 4 is 11.6 Å². The molecule has 1 amide bonds. The summed E-state index contributed by atoms with van der Waals surface area (Å²) < 4.78 is 5.90. The molecule has 3 aromatic rings. The molecule has 0 unspecified atom stereocenters. The lowest BCUT2D eigenvalue weighted by Crippen LogP contribution is -2.35. The summed E-state index contributed by atoms with van der Waals surface area (Å²) >= 11 is 0. The maximum absolute atomic E-state index is 12.1. The lowest BCUT2D eigenvalue weighted by Gasteiger charge is -2.12. The molecule has 2 N–H and O–H groups in total. The van der Waals surface area contributed by atoms with Crippen LogP contribution in [0.15, 0.2) is 78.9 Å². The molecule has 1 atom stereocenters. The highest BCUT2D eigenvalue weighted by Gasteiger charge is 2.21. The van der Waals surface area contributed by atoms with E-state index in [1.54, 1.807) is 0 Å². The van der Waals surface area contributed by atoms with E-state index in [0.717, 1.165) is 42.1 Å². The van der Waals surface area contributed by atoms with Crippen molar-refractivity contribution in [1.29, 1.82) is 0 Å². The Hall–Kier alpha value is -3.11. The van der Waals surface area contributed by atoms with E-state index in [1.807, 2.05) is 66.7 Å². The van der Waals surface area contributed by atoms with E-state index in [-0.39, 0.29) is 11.9 Å². The van der Waals surface area contributed by atoms with Crippen LogP contribution in [0.1, 0.15) is 12.8 Å². The van der Waals surface area contributed by atoms with E-state index in [1.165, 1.54) is 5.56 Å². The molecule has 0 saturated carbocycles. The second-order valence-electron chi connectivity index (χ2n) is 6.66. The van der Waals surface area contributed by atoms with Crippen molar-refractivity contribution in [3.05, 3.63) is 78.9 Å². The van der Waals surface area contributed by atoms with Crippen LogP contribution in [-0.4, -0.2) is 18.5 Å². The molecule has 136 valence electrons. The highest BCUT2D eigenvalue weighted by atomic mass is 16.5. The molecule has 4 nitrogen and oxygen atoms in total. The summed E-state index contributed by atoms with van der Waals surface area (Å²) in [6, 6.07) is 25.6. The first-order valence-electron chi connectivity index (χ1n) is 9.25. The monoisotopic (exact) mass is 358 g/mol. The first-order valence-corrected chi connectivity index (χ1v) is 9.25. The lowest BCUT2D eigenvalue weighted by atomic mass is 10.1. The van der Waals surface area contributed by atoms with Crippen molar-refractivity contribution in [1.82, 2.24) is 5.32 Å². The van der Waals surface area contributed by atoms with Crippen LogP contribution >= 0.6 is 0 Å². The SMILES string of the molecule is O=C(Nc1ccc(Oc2ccc(-c3ccccc3)cc2)cc1)[C@@H]1CCCN1. The summed E-state index contributed by atoms with van der Waals surface area (Å²) in [4.78, 5) is 12.1. The minimum atomic E-state index is -0.0796. The summed E-state index contributed by atoms with van der Waals surface area (Å²) in [5.41, 5.74) is 3.11. The molecule has 0 aliphatic carbocycles. The minimum Gasteiger partial charge on any atom is -0.457 e. The zero-order valence-corrected chi connectivity index (χ0v) is 15.0. The number of amides is 1. The van der Waals surface area contributed by atoms with E-state index < -0.39 is 0 Å². The Kier molecular flexibility index (Phi) is 5.17. The van der Waals surface area contributed by atoms with Gasteiger partial charge in [0, 0.05) is 5.69 Å². The molecule has 1 heterocycles. The van der Waals surface area contributed by atoms with Gasteiger partial charge in [-0.1, -0.05) is 42.5 Å². The first-order chi connectivity index (χ1) is 13.3. The van der Waals surface area contributed by atoms with Gasteiger partial charge < -0.3 is 15.4 Å². The van der Waals surface area contributed by atoms with Crippen LogP contribution in [0.3, 0.4) is 0 Å². The van der Waals surface area contributed by atoms with Gasteiger partial charge in [-0.15, -0.1) is 0 Å². The molecule has 1 aliphatic heterocycles. The molecule has 27 heavy (non-hydrogen) atoms. The number of hydrogen-bond acceptors (Lipinski definition) is 3. The fourth-order valence-corrected chi connectivity index (χ4v) is 3.23. The molecule has 0 aromatic heterocycles. The molecule has 1 aliphatic rings. The third-order valence-electron chi connectivity index (χ3n) is 4.70. The Labute approximate surface area is 159 Å². The largest absolute Gasteiger partial charge is 0.457 e. The van der Waals surface area contributed by atoms with E-state index in [0.29, 0.717) is 0 Å². The van der Waals surface area contributed by atoms with Gasteiger partial charge in [0.2, 0.25) is 5.91 Å². The Balaban J connectivity index is 1.37. The maximum Gasteiger partial charge on any atom is 0.241 e. The number of ether oxygens (including phenoxy) is 1. The fourth-order valence-electron chi connectivity index (χ4n) is 3.23. The van der Waals surface area contributed by atoms with Gasteiger partial charge in [-0.3, -0.25) is 4.79 Å². The topological polar surface area (TPSA) is 50.4 Å². The third-order valence-corrected chi connectivity index (χ3v) is 4.70. The van der Waals surface area contributed by atoms with Gasteiger partial charge in [0.05, 0.1) is 6.04 Å². The van der Waals surface area contributed by atoms with Crippen LogP contribution in [0.2, 0.25) is 0 Å². The van der Waals surface area contributed by atoms with Crippen LogP contribution in [0.5, 0.6) is 11.5 Å². The highest BCUT2D eigenvalue weighted by molar-refractivity contribution is 5.95. The van der Waals surface area contributed by atoms with E-state index in [9.17, 15) is 4.79 Å². The molecule has 4 heteroatoms. The predicted molar refractivity (Wildman–Crippen MR) is 108 cm³/mol. The number of rotatable bonds is 5. The van der Waals surface area contributed by atoms with Gasteiger partial charge >= 0.3 is 0 Å². The summed E-state index contributed by atoms with van der Waals surface area (Å²) in [5, 5.41) is 6.14. The van der Waals surface area contributed by atoms with Crippen LogP contribution in [-0.2, 0) is 4.79 Å². The van der Waals surface area contributed by atoms with Gasteiger partial charge in [-0.2, -0.15) is 0 Å². The Morgan fingerprint density at radius 3 is 2.11 bits per heavy atom. The van der Waals surface area contributed by atoms with E-state index in [4.69, 9.17) is 4.74 Å². The van der Waals surface area contributed by atoms with E-state index in [2.05, 4.69) is 22.8 Å². The van der Waals surface area contributed by atoms with Crippen molar-refractivity contribution < 1.29 is 9.53 Å². The number of benzene rings is 3. The molecule has 0 radical (unpaired) electrons. The van der Waals surface area contributed by atoms with Gasteiger partial charge in [0.25, 0.3) is 0 Å². The van der Waals surface area contributed by atoms with E-state index >= 15 is 0 Å². The third kappa shape index (κ3) is 4.36. The number of carbonyl (C=O) groups is 1. The summed E-state index contributed by atoms with van der Waals surface area (Å²) in [6.07, 6.45) is 1.94. The molecule has 0 bridgehead atoms. The van der Waals surface area contributed by atoms with Crippen LogP contribution in [0.25, 0.3) is 11.1 Å². The predicted octanol–water partition coefficient (Wildman–Crippen LogP) is 4.84. The molecule has 0 spiro atoms. The average molecular weight is 358 g/mol. The Morgan fingerprint density at radius 2 is 1.48 bits per heavy atom. The highest BCUT2D eigenvalue weighted by Crippen LogP contribution is 2.26. The van der Waals surface area contributed by atoms with Crippen molar-refractivity contribution in [2.45, 2.75) is 18.9 Å². The Morgan fingerprint density at radius 1 is 0.852 bits per heavy atom. The van der Waals surface area contributed by atoms with Gasteiger partial charge in [-0.05, 0) is 66.9 Å². The van der Waals surface area contributed by atoms with Crippen LogP contribution in [0, 0.1) is 0 Å². The van der Waals surface area contributed by atoms with Gasteiger partial charge in [0.15, 0.2) is 0 Å². The number of anilines is 1. The molecule has 1 fully saturated rings. The van der Waals surface area contributed by atoms with Gasteiger partial charge in [-0.25, -0.2) is 0 Å². The quantitative estimate of drug-likeness (QED) is 0.686. The zero-order valence-electron chi connectivity index (χ0n) is 15.0. The maximum atomic E-state index is 12.1. The minimum absolute atomic E-state index is 0.0256. The second-order valence-corrected chi connectivity index (χ2v) is 6.66. The summed E-state index contributed by atoms with van der Waals surface area (Å²) in [7, 11) is 0. The fraction of sp³-hybridized carbons (Fsp3) is 0.174. The summed E-state index contributed by atoms with van der Waals surface area (Å²) in [6.45, 7) is 0.911. The standard InChI is InChI=1S/C23H22N2O2/c26-23(22-7-4-16-24-22)25-19-10-14-21(15-11-19)27-20-12-8-18(9-13-20)17-5-2-1-3-6-17/h1-3,5-6,8-15,22,24H,4,7,16H2,(H,25,26)/t22-/m0/s1. The molecule has 4 rings (SSSR count). The number of nitrogens with one attached hydrogen (secondary N) is 2. The van der Waals surface area contributed by atoms with Crippen LogP contribution in [0.4, 0.5) is 5.69 Å². The van der Waals surface area contributed by atoms with Crippen molar-refractivity contribution in [2.75, 3.05) is 11.9 Å². The van der Waals surface area contributed by atoms with Gasteiger partial charge in [0.1, 0.15) is 11.5 Å². The second kappa shape index (κ2) is 8.06. The zero-order chi connectivity index (χ0) is 18.5. The summed E-state index contributed by atoms with van der Waals surface area (Å²) in [5.74, 6) is 1.54. The normalized spacial score (nSPS) is 16.1. The smallest absolute Gasteiger partial charge is 0.241 e. The number of hydrogen-bond donors (Lipinski definition) is 2. The first kappa shape index (κ1) is 17.3. The molecular weight excluding hydrogens is 336 g/mol.